The van der Waals surface area contributed by atoms with E-state index >= 15 is 0 Å². The van der Waals surface area contributed by atoms with Crippen molar-refractivity contribution in [1.82, 2.24) is 4.90 Å². The molecule has 0 aliphatic carbocycles. The van der Waals surface area contributed by atoms with E-state index in [9.17, 15) is 19.5 Å². The van der Waals surface area contributed by atoms with Crippen LogP contribution in [0.5, 0.6) is 0 Å². The second-order valence-electron chi connectivity index (χ2n) is 11.0. The Hall–Kier alpha value is -2.68. The molecule has 6 atom stereocenters. The van der Waals surface area contributed by atoms with Crippen LogP contribution in [0.2, 0.25) is 5.02 Å². The molecule has 39 heavy (non-hydrogen) atoms. The number of benzene rings is 1. The maximum Gasteiger partial charge on any atom is 0.312 e. The first kappa shape index (κ1) is 29.3. The minimum Gasteiger partial charge on any atom is -0.465 e. The van der Waals surface area contributed by atoms with Gasteiger partial charge >= 0.3 is 5.97 Å². The number of para-hydroxylation sites is 1. The molecule has 3 unspecified atom stereocenters. The van der Waals surface area contributed by atoms with Gasteiger partial charge in [0, 0.05) is 19.7 Å². The average Bonchev–Trinajstić information content (AvgIpc) is 3.42. The Labute approximate surface area is 235 Å². The van der Waals surface area contributed by atoms with Gasteiger partial charge in [-0.1, -0.05) is 42.8 Å². The lowest BCUT2D eigenvalue weighted by atomic mass is 9.62. The maximum absolute atomic E-state index is 14.5. The van der Waals surface area contributed by atoms with E-state index < -0.39 is 35.0 Å². The smallest absolute Gasteiger partial charge is 0.312 e. The molecule has 8 nitrogen and oxygen atoms in total. The standard InChI is InChI=1S/C30H39ClN2O6/c1-5-7-8-11-18-38-28(37)24-23-26(35)33(16-12-17-34)25(30(23)19-20(3)29(24,4)39-30)27(36)32(15-6-2)22-14-10-9-13-21(22)31/h5-6,9-10,13-14,20,23-25,34H,1-2,7-8,11-12,15-19H2,3-4H3/t20?,23-,24-,25?,29+,30?/m0/s1. The molecule has 3 aliphatic rings. The summed E-state index contributed by atoms with van der Waals surface area (Å²) in [6.07, 6.45) is 6.54. The molecule has 3 aliphatic heterocycles. The van der Waals surface area contributed by atoms with Crippen LogP contribution in [0.25, 0.3) is 0 Å². The highest BCUT2D eigenvalue weighted by atomic mass is 35.5. The maximum atomic E-state index is 14.5. The van der Waals surface area contributed by atoms with Gasteiger partial charge in [-0.3, -0.25) is 14.4 Å². The molecule has 0 radical (unpaired) electrons. The number of aliphatic hydroxyl groups excluding tert-OH is 1. The number of aliphatic hydroxyl groups is 1. The van der Waals surface area contributed by atoms with Crippen molar-refractivity contribution >= 4 is 35.1 Å². The number of amides is 2. The van der Waals surface area contributed by atoms with Gasteiger partial charge in [-0.2, -0.15) is 0 Å². The van der Waals surface area contributed by atoms with E-state index in [2.05, 4.69) is 13.2 Å². The van der Waals surface area contributed by atoms with E-state index in [0.717, 1.165) is 12.8 Å². The van der Waals surface area contributed by atoms with Crippen molar-refractivity contribution in [1.29, 1.82) is 0 Å². The van der Waals surface area contributed by atoms with Gasteiger partial charge in [-0.25, -0.2) is 0 Å². The number of hydrogen-bond donors (Lipinski definition) is 1. The Morgan fingerprint density at radius 2 is 2.00 bits per heavy atom. The van der Waals surface area contributed by atoms with Gasteiger partial charge < -0.3 is 24.4 Å². The van der Waals surface area contributed by atoms with E-state index in [-0.39, 0.29) is 50.5 Å². The molecular weight excluding hydrogens is 520 g/mol. The monoisotopic (exact) mass is 558 g/mol. The SMILES string of the molecule is C=CCCCCOC(=O)[C@@H]1[C@H]2C(=O)N(CCCO)C(C(=O)N(CC=C)c3ccccc3Cl)C23CC(C)[C@@]1(C)O3. The number of anilines is 1. The predicted octanol–water partition coefficient (Wildman–Crippen LogP) is 4.15. The van der Waals surface area contributed by atoms with Crippen LogP contribution in [0, 0.1) is 17.8 Å². The lowest BCUT2D eigenvalue weighted by molar-refractivity contribution is -0.161. The van der Waals surface area contributed by atoms with Crippen molar-refractivity contribution in [3.63, 3.8) is 0 Å². The van der Waals surface area contributed by atoms with Crippen LogP contribution in [-0.2, 0) is 23.9 Å². The van der Waals surface area contributed by atoms with Gasteiger partial charge in [-0.05, 0) is 57.1 Å². The zero-order valence-corrected chi connectivity index (χ0v) is 23.6. The fraction of sp³-hybridized carbons (Fsp3) is 0.567. The largest absolute Gasteiger partial charge is 0.465 e. The number of rotatable bonds is 13. The van der Waals surface area contributed by atoms with Crippen LogP contribution in [0.1, 0.15) is 46.0 Å². The third-order valence-electron chi connectivity index (χ3n) is 8.63. The highest BCUT2D eigenvalue weighted by molar-refractivity contribution is 6.34. The van der Waals surface area contributed by atoms with Crippen LogP contribution in [0.3, 0.4) is 0 Å². The number of ether oxygens (including phenoxy) is 2. The zero-order valence-electron chi connectivity index (χ0n) is 22.8. The summed E-state index contributed by atoms with van der Waals surface area (Å²) < 4.78 is 12.4. The molecule has 1 aromatic carbocycles. The van der Waals surface area contributed by atoms with Crippen LogP contribution in [0.4, 0.5) is 5.69 Å². The van der Waals surface area contributed by atoms with Crippen molar-refractivity contribution in [2.24, 2.45) is 17.8 Å². The Kier molecular flexibility index (Phi) is 8.88. The summed E-state index contributed by atoms with van der Waals surface area (Å²) in [6.45, 7) is 11.8. The second-order valence-corrected chi connectivity index (χ2v) is 11.4. The molecule has 3 fully saturated rings. The van der Waals surface area contributed by atoms with Crippen molar-refractivity contribution in [3.05, 3.63) is 54.6 Å². The summed E-state index contributed by atoms with van der Waals surface area (Å²) in [7, 11) is 0. The van der Waals surface area contributed by atoms with Gasteiger partial charge in [0.25, 0.3) is 5.91 Å². The topological polar surface area (TPSA) is 96.4 Å². The average molecular weight is 559 g/mol. The van der Waals surface area contributed by atoms with E-state index in [4.69, 9.17) is 21.1 Å². The molecule has 1 spiro atoms. The van der Waals surface area contributed by atoms with E-state index in [1.807, 2.05) is 19.9 Å². The molecule has 0 saturated carbocycles. The molecule has 4 rings (SSSR count). The summed E-state index contributed by atoms with van der Waals surface area (Å²) in [5.41, 5.74) is -1.65. The van der Waals surface area contributed by atoms with Crippen molar-refractivity contribution in [2.75, 3.05) is 31.2 Å². The Balaban J connectivity index is 1.73. The molecule has 3 heterocycles. The molecule has 3 saturated heterocycles. The van der Waals surface area contributed by atoms with E-state index in [1.54, 1.807) is 30.3 Å². The predicted molar refractivity (Wildman–Crippen MR) is 149 cm³/mol. The number of likely N-dealkylation sites (tertiary alicyclic amines) is 1. The zero-order chi connectivity index (χ0) is 28.4. The van der Waals surface area contributed by atoms with Gasteiger partial charge in [0.1, 0.15) is 17.6 Å². The highest BCUT2D eigenvalue weighted by Crippen LogP contribution is 2.65. The molecular formula is C30H39ClN2O6. The van der Waals surface area contributed by atoms with Crippen LogP contribution in [-0.4, -0.2) is 71.3 Å². The van der Waals surface area contributed by atoms with Crippen molar-refractivity contribution in [2.45, 2.75) is 63.2 Å². The highest BCUT2D eigenvalue weighted by Gasteiger charge is 2.80. The third kappa shape index (κ3) is 4.92. The molecule has 2 bridgehead atoms. The van der Waals surface area contributed by atoms with Crippen LogP contribution in [0.15, 0.2) is 49.6 Å². The fourth-order valence-corrected chi connectivity index (χ4v) is 7.00. The minimum absolute atomic E-state index is 0.0962. The molecule has 1 aromatic rings. The van der Waals surface area contributed by atoms with Crippen molar-refractivity contribution < 1.29 is 29.0 Å². The summed E-state index contributed by atoms with van der Waals surface area (Å²) in [6, 6.07) is 6.02. The third-order valence-corrected chi connectivity index (χ3v) is 8.95. The van der Waals surface area contributed by atoms with Gasteiger partial charge in [-0.15, -0.1) is 13.2 Å². The molecule has 1 N–H and O–H groups in total. The molecule has 2 amide bonds. The van der Waals surface area contributed by atoms with Gasteiger partial charge in [0.05, 0.1) is 28.8 Å². The van der Waals surface area contributed by atoms with E-state index in [0.29, 0.717) is 23.6 Å². The van der Waals surface area contributed by atoms with Crippen LogP contribution < -0.4 is 4.90 Å². The summed E-state index contributed by atoms with van der Waals surface area (Å²) in [5.74, 6) is -2.93. The number of carbonyl (C=O) groups is 3. The number of unbranched alkanes of at least 4 members (excludes halogenated alkanes) is 2. The summed E-state index contributed by atoms with van der Waals surface area (Å²) in [5, 5.41) is 9.98. The number of allylic oxidation sites excluding steroid dienone is 1. The fourth-order valence-electron chi connectivity index (χ4n) is 6.77. The Morgan fingerprint density at radius 3 is 2.67 bits per heavy atom. The minimum atomic E-state index is -1.20. The lowest BCUT2D eigenvalue weighted by Crippen LogP contribution is -2.57. The number of halogens is 1. The van der Waals surface area contributed by atoms with E-state index in [1.165, 1.54) is 9.80 Å². The first-order chi connectivity index (χ1) is 18.7. The number of nitrogens with zero attached hydrogens (tertiary/aromatic N) is 2. The van der Waals surface area contributed by atoms with Crippen molar-refractivity contribution in [3.8, 4) is 0 Å². The summed E-state index contributed by atoms with van der Waals surface area (Å²) >= 11 is 6.49. The Bertz CT molecular complexity index is 1130. The van der Waals surface area contributed by atoms with Gasteiger partial charge in [0.15, 0.2) is 0 Å². The first-order valence-corrected chi connectivity index (χ1v) is 14.1. The molecule has 0 aromatic heterocycles. The quantitative estimate of drug-likeness (QED) is 0.222. The number of fused-ring (bicyclic) bond motifs is 1. The second kappa shape index (κ2) is 11.8. The van der Waals surface area contributed by atoms with Crippen LogP contribution >= 0.6 is 11.6 Å². The van der Waals surface area contributed by atoms with Gasteiger partial charge in [0.2, 0.25) is 5.91 Å². The molecule has 9 heteroatoms. The number of hydrogen-bond acceptors (Lipinski definition) is 6. The Morgan fingerprint density at radius 1 is 1.26 bits per heavy atom. The normalized spacial score (nSPS) is 30.8. The number of esters is 1. The lowest BCUT2D eigenvalue weighted by Gasteiger charge is -2.37. The molecule has 212 valence electrons. The first-order valence-electron chi connectivity index (χ1n) is 13.7. The number of carbonyl (C=O) groups excluding carboxylic acids is 3. The summed E-state index contributed by atoms with van der Waals surface area (Å²) in [4.78, 5) is 45.1.